The molecular formula is C14H12N2S. The molecule has 2 rings (SSSR count). The summed E-state index contributed by atoms with van der Waals surface area (Å²) in [5.41, 5.74) is 7.12. The van der Waals surface area contributed by atoms with Crippen molar-refractivity contribution in [2.45, 2.75) is 0 Å². The summed E-state index contributed by atoms with van der Waals surface area (Å²) < 4.78 is 0. The maximum absolute atomic E-state index is 4.73. The molecular weight excluding hydrogens is 228 g/mol. The summed E-state index contributed by atoms with van der Waals surface area (Å²) in [6.07, 6.45) is 0. The molecule has 0 aromatic heterocycles. The number of hydrazone groups is 1. The van der Waals surface area contributed by atoms with Gasteiger partial charge in [0.1, 0.15) is 0 Å². The van der Waals surface area contributed by atoms with E-state index in [2.05, 4.69) is 10.5 Å². The van der Waals surface area contributed by atoms with Gasteiger partial charge in [-0.2, -0.15) is 5.10 Å². The highest BCUT2D eigenvalue weighted by Gasteiger charge is 2.05. The summed E-state index contributed by atoms with van der Waals surface area (Å²) in [6, 6.07) is 20.0. The average molecular weight is 240 g/mol. The SMILES string of the molecule is S=CNN=C(c1ccccc1)c1ccccc1. The lowest BCUT2D eigenvalue weighted by atomic mass is 10.0. The second-order valence-corrected chi connectivity index (χ2v) is 3.68. The fourth-order valence-corrected chi connectivity index (χ4v) is 1.63. The predicted molar refractivity (Wildman–Crippen MR) is 75.3 cm³/mol. The van der Waals surface area contributed by atoms with E-state index in [1.807, 2.05) is 60.7 Å². The normalized spacial score (nSPS) is 9.41. The maximum Gasteiger partial charge on any atom is 0.0978 e. The Bertz CT molecular complexity index is 465. The first-order valence-corrected chi connectivity index (χ1v) is 5.76. The molecule has 0 aliphatic carbocycles. The molecule has 0 bridgehead atoms. The van der Waals surface area contributed by atoms with Crippen LogP contribution in [0.2, 0.25) is 0 Å². The summed E-state index contributed by atoms with van der Waals surface area (Å²) in [4.78, 5) is 0. The van der Waals surface area contributed by atoms with Crippen LogP contribution in [0.4, 0.5) is 0 Å². The lowest BCUT2D eigenvalue weighted by Crippen LogP contribution is -2.10. The second-order valence-electron chi connectivity index (χ2n) is 3.44. The van der Waals surface area contributed by atoms with Gasteiger partial charge in [0, 0.05) is 11.1 Å². The van der Waals surface area contributed by atoms with Gasteiger partial charge in [-0.15, -0.1) is 0 Å². The van der Waals surface area contributed by atoms with Crippen LogP contribution in [0.15, 0.2) is 65.8 Å². The Morgan fingerprint density at radius 3 is 1.76 bits per heavy atom. The highest BCUT2D eigenvalue weighted by molar-refractivity contribution is 7.78. The Hall–Kier alpha value is -2.00. The first kappa shape index (κ1) is 11.5. The van der Waals surface area contributed by atoms with Gasteiger partial charge in [0.2, 0.25) is 0 Å². The molecule has 0 aliphatic heterocycles. The summed E-state index contributed by atoms with van der Waals surface area (Å²) in [6.45, 7) is 0. The van der Waals surface area contributed by atoms with Crippen molar-refractivity contribution in [1.82, 2.24) is 5.43 Å². The van der Waals surface area contributed by atoms with E-state index in [4.69, 9.17) is 12.2 Å². The molecule has 0 saturated carbocycles. The molecule has 0 atom stereocenters. The van der Waals surface area contributed by atoms with Crippen molar-refractivity contribution in [1.29, 1.82) is 0 Å². The Labute approximate surface area is 106 Å². The molecule has 0 spiro atoms. The minimum Gasteiger partial charge on any atom is -0.274 e. The van der Waals surface area contributed by atoms with E-state index < -0.39 is 0 Å². The van der Waals surface area contributed by atoms with E-state index in [9.17, 15) is 0 Å². The van der Waals surface area contributed by atoms with E-state index in [-0.39, 0.29) is 0 Å². The van der Waals surface area contributed by atoms with Crippen LogP contribution < -0.4 is 5.43 Å². The summed E-state index contributed by atoms with van der Waals surface area (Å²) in [5.74, 6) is 0. The molecule has 2 aromatic carbocycles. The van der Waals surface area contributed by atoms with Gasteiger partial charge in [-0.05, 0) is 0 Å². The molecule has 0 amide bonds. The summed E-state index contributed by atoms with van der Waals surface area (Å²) in [5, 5.41) is 4.29. The molecule has 17 heavy (non-hydrogen) atoms. The third-order valence-electron chi connectivity index (χ3n) is 2.32. The summed E-state index contributed by atoms with van der Waals surface area (Å²) in [7, 11) is 0. The lowest BCUT2D eigenvalue weighted by molar-refractivity contribution is 1.07. The van der Waals surface area contributed by atoms with Gasteiger partial charge in [0.05, 0.1) is 11.2 Å². The molecule has 0 saturated heterocycles. The summed E-state index contributed by atoms with van der Waals surface area (Å²) >= 11 is 4.73. The number of rotatable bonds is 4. The number of nitrogens with zero attached hydrogens (tertiary/aromatic N) is 1. The van der Waals surface area contributed by atoms with Crippen LogP contribution in [0.3, 0.4) is 0 Å². The average Bonchev–Trinajstić information content (AvgIpc) is 2.42. The molecule has 2 nitrogen and oxygen atoms in total. The number of benzene rings is 2. The molecule has 0 heterocycles. The van der Waals surface area contributed by atoms with Crippen LogP contribution in [0.25, 0.3) is 0 Å². The number of hydrogen-bond donors (Lipinski definition) is 1. The van der Waals surface area contributed by atoms with Gasteiger partial charge in [-0.1, -0.05) is 72.9 Å². The molecule has 2 aromatic rings. The number of nitrogens with one attached hydrogen (secondary N) is 1. The molecule has 0 unspecified atom stereocenters. The molecule has 84 valence electrons. The van der Waals surface area contributed by atoms with E-state index >= 15 is 0 Å². The number of thiocarbonyl (C=S) groups is 1. The quantitative estimate of drug-likeness (QED) is 0.505. The fraction of sp³-hybridized carbons (Fsp3) is 0. The van der Waals surface area contributed by atoms with Gasteiger partial charge >= 0.3 is 0 Å². The zero-order valence-electron chi connectivity index (χ0n) is 9.21. The zero-order chi connectivity index (χ0) is 11.9. The van der Waals surface area contributed by atoms with Crippen molar-refractivity contribution in [3.05, 3.63) is 71.8 Å². The minimum absolute atomic E-state index is 0.882. The van der Waals surface area contributed by atoms with Gasteiger partial charge in [-0.3, -0.25) is 5.43 Å². The third kappa shape index (κ3) is 2.98. The van der Waals surface area contributed by atoms with Crippen LogP contribution in [-0.4, -0.2) is 11.2 Å². The third-order valence-corrected chi connectivity index (χ3v) is 2.43. The van der Waals surface area contributed by atoms with E-state index in [1.165, 1.54) is 5.49 Å². The molecule has 1 N–H and O–H groups in total. The van der Waals surface area contributed by atoms with Crippen molar-refractivity contribution >= 4 is 23.4 Å². The van der Waals surface area contributed by atoms with Crippen LogP contribution in [-0.2, 0) is 0 Å². The first-order valence-electron chi connectivity index (χ1n) is 5.29. The van der Waals surface area contributed by atoms with Crippen LogP contribution in [0.5, 0.6) is 0 Å². The highest BCUT2D eigenvalue weighted by Crippen LogP contribution is 2.10. The van der Waals surface area contributed by atoms with Crippen molar-refractivity contribution in [3.63, 3.8) is 0 Å². The molecule has 0 aliphatic rings. The van der Waals surface area contributed by atoms with Crippen molar-refractivity contribution in [2.24, 2.45) is 5.10 Å². The standard InChI is InChI=1S/C14H12N2S/c17-11-15-16-14(12-7-3-1-4-8-12)13-9-5-2-6-10-13/h1-11H,(H,15,17). The van der Waals surface area contributed by atoms with Gasteiger partial charge in [0.25, 0.3) is 0 Å². The maximum atomic E-state index is 4.73. The lowest BCUT2D eigenvalue weighted by Gasteiger charge is -2.06. The van der Waals surface area contributed by atoms with Crippen LogP contribution in [0, 0.1) is 0 Å². The second kappa shape index (κ2) is 5.92. The van der Waals surface area contributed by atoms with Gasteiger partial charge < -0.3 is 0 Å². The Morgan fingerprint density at radius 2 is 1.35 bits per heavy atom. The largest absolute Gasteiger partial charge is 0.274 e. The van der Waals surface area contributed by atoms with E-state index in [1.54, 1.807) is 0 Å². The Kier molecular flexibility index (Phi) is 4.00. The first-order chi connectivity index (χ1) is 8.42. The van der Waals surface area contributed by atoms with Gasteiger partial charge in [0.15, 0.2) is 0 Å². The van der Waals surface area contributed by atoms with E-state index in [0.29, 0.717) is 0 Å². The number of hydrogen-bond acceptors (Lipinski definition) is 2. The Morgan fingerprint density at radius 1 is 0.882 bits per heavy atom. The van der Waals surface area contributed by atoms with Crippen molar-refractivity contribution in [2.75, 3.05) is 0 Å². The molecule has 0 radical (unpaired) electrons. The molecule has 3 heteroatoms. The van der Waals surface area contributed by atoms with Crippen LogP contribution in [0.1, 0.15) is 11.1 Å². The van der Waals surface area contributed by atoms with Gasteiger partial charge in [-0.25, -0.2) is 0 Å². The van der Waals surface area contributed by atoms with Crippen molar-refractivity contribution in [3.8, 4) is 0 Å². The smallest absolute Gasteiger partial charge is 0.0978 e. The topological polar surface area (TPSA) is 24.4 Å². The van der Waals surface area contributed by atoms with Crippen molar-refractivity contribution < 1.29 is 0 Å². The Balaban J connectivity index is 2.43. The van der Waals surface area contributed by atoms with E-state index in [0.717, 1.165) is 16.8 Å². The monoisotopic (exact) mass is 240 g/mol. The predicted octanol–water partition coefficient (Wildman–Crippen LogP) is 2.99. The fourth-order valence-electron chi connectivity index (χ4n) is 1.58. The van der Waals surface area contributed by atoms with Crippen LogP contribution >= 0.6 is 12.2 Å². The molecule has 0 fully saturated rings. The zero-order valence-corrected chi connectivity index (χ0v) is 10.0. The minimum atomic E-state index is 0.882. The highest BCUT2D eigenvalue weighted by atomic mass is 32.1.